The van der Waals surface area contributed by atoms with E-state index in [2.05, 4.69) is 15.5 Å². The zero-order chi connectivity index (χ0) is 24.3. The highest BCUT2D eigenvalue weighted by molar-refractivity contribution is 7.89. The number of carbonyl (C=O) groups is 1. The Morgan fingerprint density at radius 3 is 2.31 bits per heavy atom. The molecule has 3 saturated heterocycles. The van der Waals surface area contributed by atoms with Crippen LogP contribution in [0.15, 0.2) is 30.3 Å². The van der Waals surface area contributed by atoms with Crippen LogP contribution >= 0.6 is 0 Å². The predicted octanol–water partition coefficient (Wildman–Crippen LogP) is 2.70. The molecule has 8 nitrogen and oxygen atoms in total. The van der Waals surface area contributed by atoms with Crippen LogP contribution in [0.1, 0.15) is 56.9 Å². The maximum Gasteiger partial charge on any atom is 0.407 e. The molecule has 1 aliphatic carbocycles. The van der Waals surface area contributed by atoms with Crippen LogP contribution in [0.4, 0.5) is 4.79 Å². The zero-order valence-electron chi connectivity index (χ0n) is 20.7. The lowest BCUT2D eigenvalue weighted by atomic mass is 9.60. The molecule has 3 heterocycles. The third-order valence-corrected chi connectivity index (χ3v) is 11.2. The molecule has 0 atom stereocenters. The van der Waals surface area contributed by atoms with E-state index in [9.17, 15) is 13.2 Å². The number of amides is 1. The smallest absolute Gasteiger partial charge is 0.407 e. The van der Waals surface area contributed by atoms with Gasteiger partial charge in [-0.1, -0.05) is 30.3 Å². The lowest BCUT2D eigenvalue weighted by Gasteiger charge is -2.55. The van der Waals surface area contributed by atoms with Crippen molar-refractivity contribution in [3.05, 3.63) is 35.9 Å². The molecule has 1 saturated carbocycles. The number of piperidine rings is 3. The molecular weight excluding hydrogens is 464 g/mol. The number of rotatable bonds is 6. The van der Waals surface area contributed by atoms with Crippen LogP contribution in [0.25, 0.3) is 0 Å². The van der Waals surface area contributed by atoms with E-state index in [-0.39, 0.29) is 17.9 Å². The Morgan fingerprint density at radius 1 is 1.00 bits per heavy atom. The van der Waals surface area contributed by atoms with Gasteiger partial charge in [-0.2, -0.15) is 0 Å². The van der Waals surface area contributed by atoms with Crippen LogP contribution in [0.3, 0.4) is 0 Å². The molecule has 0 bridgehead atoms. The summed E-state index contributed by atoms with van der Waals surface area (Å²) in [4.78, 5) is 14.7. The lowest BCUT2D eigenvalue weighted by molar-refractivity contribution is -0.0270. The first kappa shape index (κ1) is 25.0. The number of nitrogens with zero attached hydrogens (tertiary/aromatic N) is 2. The third-order valence-electron chi connectivity index (χ3n) is 8.76. The SMILES string of the molecule is O=C(NC1CCN(S(=O)(=O)C2CCN(C3CC4(CCNCC4)C3)CC2)CC1)OCc1ccccc1. The topological polar surface area (TPSA) is 91.0 Å². The minimum absolute atomic E-state index is 0.0486. The highest BCUT2D eigenvalue weighted by Gasteiger charge is 2.48. The molecule has 1 spiro atoms. The summed E-state index contributed by atoms with van der Waals surface area (Å²) in [6, 6.07) is 10.2. The van der Waals surface area contributed by atoms with Crippen LogP contribution in [-0.4, -0.2) is 80.3 Å². The number of hydrogen-bond donors (Lipinski definition) is 2. The number of likely N-dealkylation sites (tertiary alicyclic amines) is 1. The molecule has 1 aromatic carbocycles. The Morgan fingerprint density at radius 2 is 1.66 bits per heavy atom. The second-order valence-electron chi connectivity index (χ2n) is 11.0. The van der Waals surface area contributed by atoms with E-state index in [1.807, 2.05) is 30.3 Å². The molecule has 0 radical (unpaired) electrons. The first-order chi connectivity index (χ1) is 16.9. The number of sulfonamides is 1. The van der Waals surface area contributed by atoms with Crippen molar-refractivity contribution in [2.24, 2.45) is 5.41 Å². The van der Waals surface area contributed by atoms with Crippen molar-refractivity contribution in [1.82, 2.24) is 19.8 Å². The van der Waals surface area contributed by atoms with Crippen LogP contribution in [0.2, 0.25) is 0 Å². The third kappa shape index (κ3) is 5.84. The summed E-state index contributed by atoms with van der Waals surface area (Å²) >= 11 is 0. The van der Waals surface area contributed by atoms with E-state index in [0.717, 1.165) is 44.6 Å². The molecule has 194 valence electrons. The average Bonchev–Trinajstić information content (AvgIpc) is 2.87. The van der Waals surface area contributed by atoms with Crippen molar-refractivity contribution in [3.63, 3.8) is 0 Å². The second-order valence-corrected chi connectivity index (χ2v) is 13.2. The van der Waals surface area contributed by atoms with Gasteiger partial charge < -0.3 is 20.3 Å². The highest BCUT2D eigenvalue weighted by atomic mass is 32.2. The van der Waals surface area contributed by atoms with Gasteiger partial charge in [0.15, 0.2) is 0 Å². The number of ether oxygens (including phenoxy) is 1. The van der Waals surface area contributed by atoms with Crippen molar-refractivity contribution in [2.75, 3.05) is 39.3 Å². The van der Waals surface area contributed by atoms with Gasteiger partial charge in [0.2, 0.25) is 10.0 Å². The Balaban J connectivity index is 1.02. The van der Waals surface area contributed by atoms with Gasteiger partial charge in [-0.25, -0.2) is 17.5 Å². The molecular formula is C26H40N4O4S. The normalized spacial score (nSPS) is 25.3. The number of carbonyl (C=O) groups excluding carboxylic acids is 1. The van der Waals surface area contributed by atoms with Gasteiger partial charge >= 0.3 is 6.09 Å². The molecule has 4 fully saturated rings. The summed E-state index contributed by atoms with van der Waals surface area (Å²) in [5, 5.41) is 6.10. The monoisotopic (exact) mass is 504 g/mol. The number of alkyl carbamates (subject to hydrolysis) is 1. The maximum atomic E-state index is 13.3. The van der Waals surface area contributed by atoms with E-state index in [4.69, 9.17) is 4.74 Å². The first-order valence-electron chi connectivity index (χ1n) is 13.3. The summed E-state index contributed by atoms with van der Waals surface area (Å²) in [6.07, 6.45) is 7.45. The number of benzene rings is 1. The van der Waals surface area contributed by atoms with Gasteiger partial charge in [-0.05, 0) is 88.5 Å². The van der Waals surface area contributed by atoms with Crippen LogP contribution in [-0.2, 0) is 21.4 Å². The Hall–Kier alpha value is -1.68. The van der Waals surface area contributed by atoms with Crippen molar-refractivity contribution >= 4 is 16.1 Å². The molecule has 0 aromatic heterocycles. The van der Waals surface area contributed by atoms with Gasteiger partial charge in [0.25, 0.3) is 0 Å². The number of nitrogens with one attached hydrogen (secondary N) is 2. The Bertz CT molecular complexity index is 943. The quantitative estimate of drug-likeness (QED) is 0.619. The van der Waals surface area contributed by atoms with Gasteiger partial charge in [-0.3, -0.25) is 0 Å². The minimum atomic E-state index is -3.29. The zero-order valence-corrected chi connectivity index (χ0v) is 21.5. The predicted molar refractivity (Wildman–Crippen MR) is 135 cm³/mol. The number of hydrogen-bond acceptors (Lipinski definition) is 6. The molecule has 35 heavy (non-hydrogen) atoms. The van der Waals surface area contributed by atoms with Gasteiger partial charge in [0, 0.05) is 25.2 Å². The summed E-state index contributed by atoms with van der Waals surface area (Å²) in [7, 11) is -3.29. The molecule has 9 heteroatoms. The Labute approximate surface area is 209 Å². The first-order valence-corrected chi connectivity index (χ1v) is 14.8. The molecule has 1 amide bonds. The lowest BCUT2D eigenvalue weighted by Crippen LogP contribution is -2.57. The average molecular weight is 505 g/mol. The van der Waals surface area contributed by atoms with Crippen LogP contribution in [0.5, 0.6) is 0 Å². The fourth-order valence-electron chi connectivity index (χ4n) is 6.50. The molecule has 1 aromatic rings. The van der Waals surface area contributed by atoms with Crippen molar-refractivity contribution in [3.8, 4) is 0 Å². The summed E-state index contributed by atoms with van der Waals surface area (Å²) < 4.78 is 33.6. The molecule has 0 unspecified atom stereocenters. The van der Waals surface area contributed by atoms with Gasteiger partial charge in [0.05, 0.1) is 5.25 Å². The summed E-state index contributed by atoms with van der Waals surface area (Å²) in [6.45, 7) is 5.25. The Kier molecular flexibility index (Phi) is 7.67. The van der Waals surface area contributed by atoms with E-state index >= 15 is 0 Å². The standard InChI is InChI=1S/C26H40N4O4S/c31-25(34-20-21-4-2-1-3-5-21)28-22-6-16-30(17-7-22)35(32,33)24-8-14-29(15-9-24)23-18-26(19-23)10-12-27-13-11-26/h1-5,22-24,27H,6-20H2,(H,28,31). The van der Waals surface area contributed by atoms with Gasteiger partial charge in [0.1, 0.15) is 6.61 Å². The molecule has 2 N–H and O–H groups in total. The van der Waals surface area contributed by atoms with Crippen molar-refractivity contribution in [2.45, 2.75) is 75.3 Å². The highest BCUT2D eigenvalue weighted by Crippen LogP contribution is 2.50. The van der Waals surface area contributed by atoms with Crippen LogP contribution in [0, 0.1) is 5.41 Å². The van der Waals surface area contributed by atoms with Crippen LogP contribution < -0.4 is 10.6 Å². The molecule has 4 aliphatic rings. The largest absolute Gasteiger partial charge is 0.445 e. The van der Waals surface area contributed by atoms with Gasteiger partial charge in [-0.15, -0.1) is 0 Å². The molecule has 3 aliphatic heterocycles. The van der Waals surface area contributed by atoms with E-state index in [1.54, 1.807) is 4.31 Å². The maximum absolute atomic E-state index is 13.3. The molecule has 5 rings (SSSR count). The summed E-state index contributed by atoms with van der Waals surface area (Å²) in [5.41, 5.74) is 1.50. The minimum Gasteiger partial charge on any atom is -0.445 e. The summed E-state index contributed by atoms with van der Waals surface area (Å²) in [5.74, 6) is 0. The second kappa shape index (κ2) is 10.7. The van der Waals surface area contributed by atoms with E-state index < -0.39 is 16.1 Å². The van der Waals surface area contributed by atoms with E-state index in [1.165, 1.54) is 25.7 Å². The fourth-order valence-corrected chi connectivity index (χ4v) is 8.45. The van der Waals surface area contributed by atoms with E-state index in [0.29, 0.717) is 37.4 Å². The van der Waals surface area contributed by atoms with Crippen molar-refractivity contribution < 1.29 is 17.9 Å². The fraction of sp³-hybridized carbons (Fsp3) is 0.731. The van der Waals surface area contributed by atoms with Crippen molar-refractivity contribution in [1.29, 1.82) is 0 Å².